The molecule has 0 radical (unpaired) electrons. The number of rotatable bonds is 2. The predicted molar refractivity (Wildman–Crippen MR) is 351 cm³/mol. The number of carbonyl (C=O) groups is 2. The summed E-state index contributed by atoms with van der Waals surface area (Å²) in [5.41, 5.74) is 11.9. The van der Waals surface area contributed by atoms with Gasteiger partial charge in [0, 0.05) is 84.9 Å². The highest BCUT2D eigenvalue weighted by Crippen LogP contribution is 2.82. The first-order chi connectivity index (χ1) is 42.7. The van der Waals surface area contributed by atoms with Gasteiger partial charge in [-0.3, -0.25) is 14.6 Å². The number of esters is 1. The van der Waals surface area contributed by atoms with E-state index in [0.717, 1.165) is 80.9 Å². The van der Waals surface area contributed by atoms with Crippen molar-refractivity contribution in [1.29, 1.82) is 0 Å². The molecular weight excluding hydrogens is 1130 g/mol. The molecule has 10 nitrogen and oxygen atoms in total. The molecule has 0 unspecified atom stereocenters. The molecule has 19 aliphatic rings. The number of nitrogens with zero attached hydrogens (tertiary/aromatic N) is 2. The summed E-state index contributed by atoms with van der Waals surface area (Å²) in [6.07, 6.45) is 45.5. The minimum Gasteiger partial charge on any atom is -0.504 e. The molecule has 2 aromatic rings. The lowest BCUT2D eigenvalue weighted by atomic mass is 9.44. The lowest BCUT2D eigenvalue weighted by molar-refractivity contribution is -0.204. The van der Waals surface area contributed by atoms with E-state index >= 15 is 4.79 Å². The fourth-order valence-corrected chi connectivity index (χ4v) is 31.1. The van der Waals surface area contributed by atoms with E-state index in [9.17, 15) is 15.0 Å². The van der Waals surface area contributed by atoms with Crippen molar-refractivity contribution in [2.45, 2.75) is 272 Å². The Bertz CT molecular complexity index is 3120. The first-order valence-electron chi connectivity index (χ1n) is 36.5. The van der Waals surface area contributed by atoms with Crippen LogP contribution in [-0.2, 0) is 27.3 Å². The number of carbonyl (C=O) groups excluding carboxylic acids is 2. The monoisotopic (exact) mass is 1230 g/mol. The van der Waals surface area contributed by atoms with Gasteiger partial charge in [0.1, 0.15) is 16.1 Å². The molecule has 1 amide bonds. The van der Waals surface area contributed by atoms with E-state index in [1.807, 2.05) is 0 Å². The second-order valence-corrected chi connectivity index (χ2v) is 36.4. The molecule has 21 rings (SSSR count). The fraction of sp³-hybridized carbons (Fsp3) is 0.776. The van der Waals surface area contributed by atoms with Crippen LogP contribution >= 0.6 is 21.6 Å². The van der Waals surface area contributed by atoms with Gasteiger partial charge in [0.25, 0.3) is 0 Å². The van der Waals surface area contributed by atoms with Gasteiger partial charge in [0.05, 0.1) is 6.10 Å². The average molecular weight is 1230 g/mol. The third-order valence-corrected chi connectivity index (χ3v) is 33.9. The largest absolute Gasteiger partial charge is 0.504 e. The third kappa shape index (κ3) is 8.63. The first-order valence-corrected chi connectivity index (χ1v) is 38.8. The maximum Gasteiger partial charge on any atom is 0.303 e. The second-order valence-electron chi connectivity index (χ2n) is 33.7. The Morgan fingerprint density at radius 3 is 2.34 bits per heavy atom. The van der Waals surface area contributed by atoms with Crippen LogP contribution in [0.4, 0.5) is 0 Å². The van der Waals surface area contributed by atoms with Gasteiger partial charge in [0.15, 0.2) is 17.5 Å². The summed E-state index contributed by atoms with van der Waals surface area (Å²) in [7, 11) is 4.41. The highest BCUT2D eigenvalue weighted by atomic mass is 33.1. The quantitative estimate of drug-likeness (QED) is 0.130. The number of allylic oxidation sites excluding steroid dienone is 1. The number of amides is 1. The highest BCUT2D eigenvalue weighted by Gasteiger charge is 2.73. The molecule has 5 N–H and O–H groups in total. The minimum absolute atomic E-state index is 0.0136. The minimum atomic E-state index is -0.796. The Morgan fingerprint density at radius 2 is 1.52 bits per heavy atom. The molecule has 12 fully saturated rings. The lowest BCUT2D eigenvalue weighted by Crippen LogP contribution is -2.59. The smallest absolute Gasteiger partial charge is 0.303 e. The molecule has 7 heterocycles. The average Bonchev–Trinajstić information content (AvgIpc) is 1.49. The van der Waals surface area contributed by atoms with Crippen LogP contribution in [0.25, 0.3) is 0 Å². The summed E-state index contributed by atoms with van der Waals surface area (Å²) >= 11 is 0. The van der Waals surface area contributed by atoms with Gasteiger partial charge in [-0.05, 0) is 254 Å². The SMILES string of the molecule is CC(=O)O[C@]12C[C@@H]3CC[C@@H]1Cc1cc(c(O)c4c1[C@@H]1C=C[C@]5(CCC[C@H]5C1)O4)CN1C[C@@]4(CC1=O)[C@H](CC[C@@H]4c1ccccc1)CN=C(N)N[C@@]1(CCCC14CCCC4)SSC[C@H]1CC[C@H](C[C@]14CC[C@@]1(CCC5(CCCC5)C1)C41CCCC1)[C@@H]3[C@H](O)C2. The maximum absolute atomic E-state index is 15.2. The summed E-state index contributed by atoms with van der Waals surface area (Å²) < 4.78 is 14.3. The van der Waals surface area contributed by atoms with Crippen molar-refractivity contribution in [2.75, 3.05) is 18.8 Å². The summed E-state index contributed by atoms with van der Waals surface area (Å²) in [5.74, 6) is 4.84. The summed E-state index contributed by atoms with van der Waals surface area (Å²) in [6, 6.07) is 13.2. The zero-order chi connectivity index (χ0) is 59.5. The van der Waals surface area contributed by atoms with Gasteiger partial charge in [-0.15, -0.1) is 0 Å². The molecule has 0 aromatic heterocycles. The normalized spacial score (nSPS) is 44.2. The number of ether oxygens (including phenoxy) is 2. The number of phenols is 1. The van der Waals surface area contributed by atoms with Crippen LogP contribution in [0.5, 0.6) is 11.5 Å². The zero-order valence-electron chi connectivity index (χ0n) is 53.3. The van der Waals surface area contributed by atoms with Crippen molar-refractivity contribution in [3.8, 4) is 11.5 Å². The van der Waals surface area contributed by atoms with Gasteiger partial charge < -0.3 is 35.6 Å². The Hall–Kier alpha value is -3.35. The number of aliphatic hydroxyl groups excluding tert-OH is 1. The van der Waals surface area contributed by atoms with Crippen LogP contribution in [0.3, 0.4) is 0 Å². The fourth-order valence-electron chi connectivity index (χ4n) is 27.1. The van der Waals surface area contributed by atoms with Crippen LogP contribution in [0.15, 0.2) is 53.5 Å². The Labute approximate surface area is 533 Å². The van der Waals surface area contributed by atoms with Gasteiger partial charge >= 0.3 is 5.97 Å². The number of fused-ring (bicyclic) bond motifs is 1. The number of guanidine groups is 1. The lowest BCUT2D eigenvalue weighted by Gasteiger charge is -2.61. The number of aromatic hydroxyl groups is 1. The van der Waals surface area contributed by atoms with Crippen LogP contribution < -0.4 is 15.8 Å². The number of benzene rings is 2. The first kappa shape index (κ1) is 58.5. The number of nitrogens with two attached hydrogens (primary N) is 1. The third-order valence-electron chi connectivity index (χ3n) is 30.6. The molecule has 7 aliphatic heterocycles. The van der Waals surface area contributed by atoms with Crippen molar-refractivity contribution in [3.63, 3.8) is 0 Å². The predicted octanol–water partition coefficient (Wildman–Crippen LogP) is 16.1. The number of hydrogen-bond donors (Lipinski definition) is 4. The molecule has 476 valence electrons. The van der Waals surface area contributed by atoms with E-state index in [2.05, 4.69) is 80.4 Å². The number of aliphatic hydroxyl groups is 1. The van der Waals surface area contributed by atoms with Gasteiger partial charge in [0.2, 0.25) is 5.91 Å². The number of phenolic OH excluding ortho intramolecular Hbond substituents is 1. The van der Waals surface area contributed by atoms with E-state index < -0.39 is 17.3 Å². The van der Waals surface area contributed by atoms with Crippen LogP contribution in [0, 0.1) is 73.9 Å². The molecule has 16 atom stereocenters. The van der Waals surface area contributed by atoms with Crippen molar-refractivity contribution >= 4 is 39.4 Å². The number of aliphatic imine (C=N–C) groups is 1. The summed E-state index contributed by atoms with van der Waals surface area (Å²) in [5, 5.41) is 30.6. The van der Waals surface area contributed by atoms with Crippen molar-refractivity contribution in [1.82, 2.24) is 10.2 Å². The second kappa shape index (κ2) is 21.3. The van der Waals surface area contributed by atoms with Crippen LogP contribution in [0.1, 0.15) is 259 Å². The van der Waals surface area contributed by atoms with Gasteiger partial charge in [-0.1, -0.05) is 96.5 Å². The molecule has 12 aliphatic carbocycles. The number of nitrogens with one attached hydrogen (secondary N) is 1. The molecule has 2 aromatic carbocycles. The van der Waals surface area contributed by atoms with Gasteiger partial charge in [-0.2, -0.15) is 0 Å². The summed E-state index contributed by atoms with van der Waals surface area (Å²) in [6.45, 7) is 3.07. The molecule has 12 bridgehead atoms. The van der Waals surface area contributed by atoms with Crippen LogP contribution in [-0.4, -0.2) is 74.0 Å². The standard InChI is InChI=1S/C76H104N4O6S2/c1-49(81)85-74-41-53-16-18-57(74)39-54-37-55(65(84)66-64(54)51-22-32-73(86-66)28-11-15-56(73)38-51)45-80-48-71(43-62(80)83)58(20-21-60(71)50-13-3-2-4-14-50)44-78-67(77)79-76(31-12-27-69(76)25-7-8-26-69)88-87-46-59-19-17-52(63(53)61(82)42-74)40-72(59)36-35-70(75(72)29-9-10-30-75)34-33-68(47-70)23-5-6-24-68/h2-4,13-14,22,32,37,51-53,56-61,63,82,84H,5-12,15-21,23-31,33-36,38-48H2,1H3,(H3,77,78,79)/t51-,52-,53+,56+,57-,58-,59-,60-,61-,63+,70-,71+,72-,73+,74+,76+/m1/s1. The van der Waals surface area contributed by atoms with E-state index in [0.29, 0.717) is 84.6 Å². The van der Waals surface area contributed by atoms with Gasteiger partial charge in [-0.25, -0.2) is 0 Å². The Morgan fingerprint density at radius 1 is 0.773 bits per heavy atom. The topological polar surface area (TPSA) is 147 Å². The van der Waals surface area contributed by atoms with Crippen molar-refractivity contribution < 1.29 is 29.3 Å². The molecular formula is C76H104N4O6S2. The Kier molecular flexibility index (Phi) is 14.2. The van der Waals surface area contributed by atoms with E-state index in [-0.39, 0.29) is 74.2 Å². The summed E-state index contributed by atoms with van der Waals surface area (Å²) in [4.78, 5) is 36.4. The molecule has 12 heteroatoms. The van der Waals surface area contributed by atoms with Crippen molar-refractivity contribution in [2.24, 2.45) is 84.6 Å². The zero-order valence-corrected chi connectivity index (χ0v) is 54.9. The van der Waals surface area contributed by atoms with E-state index in [1.54, 1.807) is 6.92 Å². The van der Waals surface area contributed by atoms with E-state index in [1.165, 1.54) is 153 Å². The Balaban J connectivity index is 0.785. The molecule has 8 spiro atoms. The molecule has 11 saturated carbocycles. The highest BCUT2D eigenvalue weighted by molar-refractivity contribution is 8.77. The van der Waals surface area contributed by atoms with E-state index in [4.69, 9.17) is 20.2 Å². The number of hydrogen-bond acceptors (Lipinski definition) is 11. The maximum atomic E-state index is 15.2. The molecule has 1 saturated heterocycles. The van der Waals surface area contributed by atoms with Crippen LogP contribution in [0.2, 0.25) is 0 Å². The molecule has 88 heavy (non-hydrogen) atoms. The van der Waals surface area contributed by atoms with Crippen molar-refractivity contribution in [3.05, 3.63) is 70.8 Å².